The molecule has 2 rings (SSSR count). The average molecular weight is 302 g/mol. The number of imide groups is 1. The number of allylic oxidation sites excluding steroid dienone is 1. The van der Waals surface area contributed by atoms with Gasteiger partial charge in [0.2, 0.25) is 11.8 Å². The first-order valence-corrected chi connectivity index (χ1v) is 7.57. The molecule has 118 valence electrons. The first-order chi connectivity index (χ1) is 10.4. The lowest BCUT2D eigenvalue weighted by molar-refractivity contribution is -0.142. The van der Waals surface area contributed by atoms with E-state index in [1.54, 1.807) is 11.0 Å². The van der Waals surface area contributed by atoms with Crippen LogP contribution in [0.1, 0.15) is 33.6 Å². The first-order valence-electron chi connectivity index (χ1n) is 7.57. The van der Waals surface area contributed by atoms with Crippen molar-refractivity contribution in [3.63, 3.8) is 0 Å². The standard InChI is InChI=1S/C17H22N2O3/c1-5-11(10(3)4)13-9-19(17(22)12(13)6-2)14-7-8-15(20)18-16(14)21/h5-6,10,14H,2,7-9H2,1,3-4H3,(H,18,20,21)/b11-5-. The van der Waals surface area contributed by atoms with Gasteiger partial charge in [0.15, 0.2) is 0 Å². The molecule has 2 aliphatic rings. The third-order valence-electron chi connectivity index (χ3n) is 4.22. The van der Waals surface area contributed by atoms with Crippen molar-refractivity contribution in [1.82, 2.24) is 10.2 Å². The van der Waals surface area contributed by atoms with Gasteiger partial charge in [-0.3, -0.25) is 19.7 Å². The Balaban J connectivity index is 2.30. The number of amides is 3. The Morgan fingerprint density at radius 2 is 2.05 bits per heavy atom. The molecule has 5 nitrogen and oxygen atoms in total. The zero-order valence-electron chi connectivity index (χ0n) is 13.3. The van der Waals surface area contributed by atoms with E-state index in [0.717, 1.165) is 11.1 Å². The molecule has 1 atom stereocenters. The summed E-state index contributed by atoms with van der Waals surface area (Å²) >= 11 is 0. The van der Waals surface area contributed by atoms with Crippen LogP contribution >= 0.6 is 0 Å². The molecule has 0 saturated carbocycles. The zero-order valence-corrected chi connectivity index (χ0v) is 13.3. The van der Waals surface area contributed by atoms with Crippen molar-refractivity contribution < 1.29 is 14.4 Å². The highest BCUT2D eigenvalue weighted by Crippen LogP contribution is 2.32. The number of nitrogens with one attached hydrogen (secondary N) is 1. The minimum Gasteiger partial charge on any atom is -0.322 e. The van der Waals surface area contributed by atoms with Gasteiger partial charge in [-0.15, -0.1) is 0 Å². The number of nitrogens with zero attached hydrogens (tertiary/aromatic N) is 1. The minimum atomic E-state index is -0.581. The van der Waals surface area contributed by atoms with E-state index < -0.39 is 6.04 Å². The molecule has 0 spiro atoms. The van der Waals surface area contributed by atoms with Crippen LogP contribution in [-0.4, -0.2) is 35.2 Å². The summed E-state index contributed by atoms with van der Waals surface area (Å²) in [6, 6.07) is -0.581. The van der Waals surface area contributed by atoms with Crippen molar-refractivity contribution in [3.05, 3.63) is 35.5 Å². The SMILES string of the molecule is C=CC1=C(/C(=C\C)C(C)C)CN(C2CCC(=O)NC2=O)C1=O. The predicted molar refractivity (Wildman–Crippen MR) is 83.7 cm³/mol. The van der Waals surface area contributed by atoms with Crippen LogP contribution < -0.4 is 5.32 Å². The Kier molecular flexibility index (Phi) is 4.64. The van der Waals surface area contributed by atoms with E-state index in [9.17, 15) is 14.4 Å². The fourth-order valence-electron chi connectivity index (χ4n) is 3.16. The molecule has 1 saturated heterocycles. The van der Waals surface area contributed by atoms with Gasteiger partial charge >= 0.3 is 0 Å². The van der Waals surface area contributed by atoms with E-state index in [1.165, 1.54) is 0 Å². The number of rotatable bonds is 4. The summed E-state index contributed by atoms with van der Waals surface area (Å²) < 4.78 is 0. The number of piperidine rings is 1. The van der Waals surface area contributed by atoms with Gasteiger partial charge in [-0.25, -0.2) is 0 Å². The molecule has 22 heavy (non-hydrogen) atoms. The van der Waals surface area contributed by atoms with E-state index in [-0.39, 0.29) is 30.1 Å². The molecule has 0 aromatic carbocycles. The van der Waals surface area contributed by atoms with Crippen LogP contribution in [0.15, 0.2) is 35.5 Å². The second-order valence-corrected chi connectivity index (χ2v) is 5.90. The van der Waals surface area contributed by atoms with E-state index in [0.29, 0.717) is 18.5 Å². The van der Waals surface area contributed by atoms with Crippen molar-refractivity contribution >= 4 is 17.7 Å². The maximum Gasteiger partial charge on any atom is 0.255 e. The fraction of sp³-hybridized carbons (Fsp3) is 0.471. The van der Waals surface area contributed by atoms with Gasteiger partial charge < -0.3 is 4.90 Å². The molecule has 0 aromatic rings. The summed E-state index contributed by atoms with van der Waals surface area (Å²) in [6.45, 7) is 10.2. The summed E-state index contributed by atoms with van der Waals surface area (Å²) in [7, 11) is 0. The molecule has 2 aliphatic heterocycles. The van der Waals surface area contributed by atoms with Crippen LogP contribution in [0.4, 0.5) is 0 Å². The van der Waals surface area contributed by atoms with E-state index in [4.69, 9.17) is 0 Å². The minimum absolute atomic E-state index is 0.181. The summed E-state index contributed by atoms with van der Waals surface area (Å²) in [5.41, 5.74) is 2.59. The van der Waals surface area contributed by atoms with Crippen LogP contribution in [-0.2, 0) is 14.4 Å². The summed E-state index contributed by atoms with van der Waals surface area (Å²) in [6.07, 6.45) is 4.21. The van der Waals surface area contributed by atoms with Crippen molar-refractivity contribution in [2.75, 3.05) is 6.54 Å². The Labute approximate surface area is 130 Å². The van der Waals surface area contributed by atoms with Crippen LogP contribution in [0.25, 0.3) is 0 Å². The second-order valence-electron chi connectivity index (χ2n) is 5.90. The monoisotopic (exact) mass is 302 g/mol. The normalized spacial score (nSPS) is 23.5. The van der Waals surface area contributed by atoms with Crippen LogP contribution in [0.3, 0.4) is 0 Å². The van der Waals surface area contributed by atoms with Gasteiger partial charge in [0.05, 0.1) is 0 Å². The largest absolute Gasteiger partial charge is 0.322 e. The maximum absolute atomic E-state index is 12.6. The smallest absolute Gasteiger partial charge is 0.255 e. The Morgan fingerprint density at radius 3 is 2.55 bits per heavy atom. The summed E-state index contributed by atoms with van der Waals surface area (Å²) in [4.78, 5) is 37.5. The Hall–Kier alpha value is -2.17. The number of hydrogen-bond donors (Lipinski definition) is 1. The van der Waals surface area contributed by atoms with Crippen LogP contribution in [0.2, 0.25) is 0 Å². The first kappa shape index (κ1) is 16.2. The highest BCUT2D eigenvalue weighted by atomic mass is 16.2. The quantitative estimate of drug-likeness (QED) is 0.804. The molecular weight excluding hydrogens is 280 g/mol. The van der Waals surface area contributed by atoms with Crippen molar-refractivity contribution in [3.8, 4) is 0 Å². The number of hydrogen-bond acceptors (Lipinski definition) is 3. The second kappa shape index (κ2) is 6.30. The van der Waals surface area contributed by atoms with Gasteiger partial charge in [0, 0.05) is 18.5 Å². The fourth-order valence-corrected chi connectivity index (χ4v) is 3.16. The third kappa shape index (κ3) is 2.75. The van der Waals surface area contributed by atoms with E-state index in [1.807, 2.05) is 13.0 Å². The van der Waals surface area contributed by atoms with Gasteiger partial charge in [0.1, 0.15) is 6.04 Å². The lowest BCUT2D eigenvalue weighted by Gasteiger charge is -2.30. The Morgan fingerprint density at radius 1 is 1.36 bits per heavy atom. The zero-order chi connectivity index (χ0) is 16.4. The molecule has 0 aliphatic carbocycles. The highest BCUT2D eigenvalue weighted by Gasteiger charge is 2.40. The molecule has 0 bridgehead atoms. The highest BCUT2D eigenvalue weighted by molar-refractivity contribution is 6.06. The van der Waals surface area contributed by atoms with Crippen LogP contribution in [0, 0.1) is 5.92 Å². The predicted octanol–water partition coefficient (Wildman–Crippen LogP) is 1.72. The van der Waals surface area contributed by atoms with Crippen molar-refractivity contribution in [2.45, 2.75) is 39.7 Å². The molecule has 3 amide bonds. The van der Waals surface area contributed by atoms with Gasteiger partial charge in [-0.05, 0) is 30.4 Å². The molecule has 1 unspecified atom stereocenters. The lowest BCUT2D eigenvalue weighted by Crippen LogP contribution is -2.53. The van der Waals surface area contributed by atoms with E-state index in [2.05, 4.69) is 25.7 Å². The van der Waals surface area contributed by atoms with Gasteiger partial charge in [-0.2, -0.15) is 0 Å². The third-order valence-corrected chi connectivity index (χ3v) is 4.22. The molecule has 2 heterocycles. The number of carbonyl (C=O) groups is 3. The summed E-state index contributed by atoms with van der Waals surface area (Å²) in [5.74, 6) is -0.564. The maximum atomic E-state index is 12.6. The molecule has 1 N–H and O–H groups in total. The van der Waals surface area contributed by atoms with Gasteiger partial charge in [-0.1, -0.05) is 32.6 Å². The van der Waals surface area contributed by atoms with Crippen LogP contribution in [0.5, 0.6) is 0 Å². The lowest BCUT2D eigenvalue weighted by atomic mass is 9.92. The average Bonchev–Trinajstić information content (AvgIpc) is 2.76. The molecule has 1 fully saturated rings. The molecular formula is C17H22N2O3. The molecule has 5 heteroatoms. The van der Waals surface area contributed by atoms with Gasteiger partial charge in [0.25, 0.3) is 5.91 Å². The van der Waals surface area contributed by atoms with E-state index >= 15 is 0 Å². The van der Waals surface area contributed by atoms with Crippen molar-refractivity contribution in [2.24, 2.45) is 5.92 Å². The van der Waals surface area contributed by atoms with Crippen molar-refractivity contribution in [1.29, 1.82) is 0 Å². The summed E-state index contributed by atoms with van der Waals surface area (Å²) in [5, 5.41) is 2.31. The Bertz CT molecular complexity index is 599. The topological polar surface area (TPSA) is 66.5 Å². The molecule has 0 radical (unpaired) electrons. The molecule has 0 aromatic heterocycles. The number of carbonyl (C=O) groups excluding carboxylic acids is 3.